The summed E-state index contributed by atoms with van der Waals surface area (Å²) in [4.78, 5) is 24.0. The van der Waals surface area contributed by atoms with Gasteiger partial charge in [-0.3, -0.25) is 9.59 Å². The van der Waals surface area contributed by atoms with E-state index < -0.39 is 0 Å². The van der Waals surface area contributed by atoms with Crippen LogP contribution in [0.4, 0.5) is 0 Å². The molecule has 0 aromatic heterocycles. The van der Waals surface area contributed by atoms with Gasteiger partial charge in [-0.05, 0) is 31.0 Å². The van der Waals surface area contributed by atoms with Crippen molar-refractivity contribution in [2.24, 2.45) is 0 Å². The maximum absolute atomic E-state index is 12.2. The third kappa shape index (κ3) is 4.23. The van der Waals surface area contributed by atoms with Gasteiger partial charge in [-0.15, -0.1) is 0 Å². The summed E-state index contributed by atoms with van der Waals surface area (Å²) in [6.45, 7) is 0. The fourth-order valence-corrected chi connectivity index (χ4v) is 2.75. The van der Waals surface area contributed by atoms with E-state index in [0.29, 0.717) is 23.1 Å². The predicted molar refractivity (Wildman–Crippen MR) is 83.5 cm³/mol. The largest absolute Gasteiger partial charge is 0.493 e. The third-order valence-electron chi connectivity index (χ3n) is 4.00. The van der Waals surface area contributed by atoms with E-state index in [9.17, 15) is 9.59 Å². The molecule has 1 N–H and O–H groups in total. The molecule has 0 radical (unpaired) electrons. The lowest BCUT2D eigenvalue weighted by Gasteiger charge is -2.12. The minimum atomic E-state index is -0.0671. The van der Waals surface area contributed by atoms with Gasteiger partial charge in [0.15, 0.2) is 17.3 Å². The van der Waals surface area contributed by atoms with Crippen molar-refractivity contribution in [3.63, 3.8) is 0 Å². The summed E-state index contributed by atoms with van der Waals surface area (Å²) >= 11 is 0. The van der Waals surface area contributed by atoms with Crippen molar-refractivity contribution in [2.45, 2.75) is 44.6 Å². The van der Waals surface area contributed by atoms with Gasteiger partial charge in [0, 0.05) is 24.4 Å². The number of amides is 1. The monoisotopic (exact) mass is 305 g/mol. The second kappa shape index (κ2) is 7.82. The summed E-state index contributed by atoms with van der Waals surface area (Å²) < 4.78 is 10.3. The standard InChI is InChI=1S/C17H23NO4/c1-21-15-9-7-12(11-16(15)22-2)14(19)8-10-17(20)18-13-5-3-4-6-13/h7,9,11,13H,3-6,8,10H2,1-2H3,(H,18,20). The number of benzene rings is 1. The molecular weight excluding hydrogens is 282 g/mol. The zero-order valence-corrected chi connectivity index (χ0v) is 13.2. The molecule has 1 aliphatic carbocycles. The van der Waals surface area contributed by atoms with Crippen LogP contribution in [0.1, 0.15) is 48.9 Å². The van der Waals surface area contributed by atoms with Gasteiger partial charge in [0.25, 0.3) is 0 Å². The van der Waals surface area contributed by atoms with Crippen molar-refractivity contribution >= 4 is 11.7 Å². The Bertz CT molecular complexity index is 535. The van der Waals surface area contributed by atoms with Gasteiger partial charge in [-0.25, -0.2) is 0 Å². The molecule has 120 valence electrons. The number of methoxy groups -OCH3 is 2. The molecule has 0 atom stereocenters. The predicted octanol–water partition coefficient (Wildman–Crippen LogP) is 2.73. The lowest BCUT2D eigenvalue weighted by Crippen LogP contribution is -2.32. The first-order chi connectivity index (χ1) is 10.6. The summed E-state index contributed by atoms with van der Waals surface area (Å²) in [5, 5.41) is 2.99. The van der Waals surface area contributed by atoms with Gasteiger partial charge in [0.2, 0.25) is 5.91 Å². The normalized spacial score (nSPS) is 14.6. The highest BCUT2D eigenvalue weighted by atomic mass is 16.5. The second-order valence-electron chi connectivity index (χ2n) is 5.54. The van der Waals surface area contributed by atoms with Crippen LogP contribution in [0.3, 0.4) is 0 Å². The van der Waals surface area contributed by atoms with Crippen molar-refractivity contribution in [3.05, 3.63) is 23.8 Å². The van der Waals surface area contributed by atoms with Gasteiger partial charge in [0.1, 0.15) is 0 Å². The molecule has 0 heterocycles. The Labute approximate surface area is 131 Å². The molecule has 5 heteroatoms. The van der Waals surface area contributed by atoms with Crippen molar-refractivity contribution < 1.29 is 19.1 Å². The zero-order valence-electron chi connectivity index (χ0n) is 13.2. The summed E-state index contributed by atoms with van der Waals surface area (Å²) in [5.74, 6) is 0.991. The summed E-state index contributed by atoms with van der Waals surface area (Å²) in [6.07, 6.45) is 4.88. The Morgan fingerprint density at radius 3 is 2.41 bits per heavy atom. The fourth-order valence-electron chi connectivity index (χ4n) is 2.75. The van der Waals surface area contributed by atoms with Crippen molar-refractivity contribution in [1.29, 1.82) is 0 Å². The number of carbonyl (C=O) groups is 2. The number of ketones is 1. The van der Waals surface area contributed by atoms with Crippen LogP contribution in [0, 0.1) is 0 Å². The van der Waals surface area contributed by atoms with Gasteiger partial charge < -0.3 is 14.8 Å². The second-order valence-corrected chi connectivity index (χ2v) is 5.54. The first-order valence-electron chi connectivity index (χ1n) is 7.68. The van der Waals surface area contributed by atoms with Crippen LogP contribution in [0.25, 0.3) is 0 Å². The van der Waals surface area contributed by atoms with Crippen molar-refractivity contribution in [3.8, 4) is 11.5 Å². The Kier molecular flexibility index (Phi) is 5.81. The molecule has 1 aliphatic rings. The van der Waals surface area contributed by atoms with Gasteiger partial charge >= 0.3 is 0 Å². The molecule has 2 rings (SSSR count). The van der Waals surface area contributed by atoms with E-state index >= 15 is 0 Å². The van der Waals surface area contributed by atoms with Crippen LogP contribution < -0.4 is 14.8 Å². The molecule has 1 fully saturated rings. The Balaban J connectivity index is 1.87. The van der Waals surface area contributed by atoms with Crippen LogP contribution in [-0.2, 0) is 4.79 Å². The number of hydrogen-bond donors (Lipinski definition) is 1. The van der Waals surface area contributed by atoms with Crippen LogP contribution in [0.2, 0.25) is 0 Å². The maximum atomic E-state index is 12.2. The average molecular weight is 305 g/mol. The molecule has 1 aromatic carbocycles. The van der Waals surface area contributed by atoms with Gasteiger partial charge in [-0.2, -0.15) is 0 Å². The highest BCUT2D eigenvalue weighted by Crippen LogP contribution is 2.28. The lowest BCUT2D eigenvalue weighted by molar-refractivity contribution is -0.121. The fraction of sp³-hybridized carbons (Fsp3) is 0.529. The molecule has 1 aromatic rings. The van der Waals surface area contributed by atoms with E-state index in [0.717, 1.165) is 12.8 Å². The quantitative estimate of drug-likeness (QED) is 0.787. The van der Waals surface area contributed by atoms with Gasteiger partial charge in [-0.1, -0.05) is 12.8 Å². The molecule has 22 heavy (non-hydrogen) atoms. The minimum absolute atomic E-state index is 0.0410. The molecule has 1 amide bonds. The molecule has 0 spiro atoms. The van der Waals surface area contributed by atoms with Crippen LogP contribution in [0.15, 0.2) is 18.2 Å². The Morgan fingerprint density at radius 2 is 1.77 bits per heavy atom. The highest BCUT2D eigenvalue weighted by molar-refractivity contribution is 5.98. The molecule has 0 bridgehead atoms. The van der Waals surface area contributed by atoms with E-state index in [1.807, 2.05) is 0 Å². The van der Waals surface area contributed by atoms with E-state index in [1.165, 1.54) is 20.0 Å². The van der Waals surface area contributed by atoms with Crippen molar-refractivity contribution in [1.82, 2.24) is 5.32 Å². The first kappa shape index (κ1) is 16.3. The third-order valence-corrected chi connectivity index (χ3v) is 4.00. The molecule has 0 unspecified atom stereocenters. The number of nitrogens with one attached hydrogen (secondary N) is 1. The number of carbonyl (C=O) groups excluding carboxylic acids is 2. The number of hydrogen-bond acceptors (Lipinski definition) is 4. The van der Waals surface area contributed by atoms with Crippen molar-refractivity contribution in [2.75, 3.05) is 14.2 Å². The summed E-state index contributed by atoms with van der Waals surface area (Å²) in [6, 6.07) is 5.34. The molecule has 0 aliphatic heterocycles. The van der Waals surface area contributed by atoms with Crippen LogP contribution in [-0.4, -0.2) is 32.0 Å². The summed E-state index contributed by atoms with van der Waals surface area (Å²) in [5.41, 5.74) is 0.534. The van der Waals surface area contributed by atoms with E-state index in [-0.39, 0.29) is 24.5 Å². The van der Waals surface area contributed by atoms with E-state index in [1.54, 1.807) is 25.3 Å². The lowest BCUT2D eigenvalue weighted by atomic mass is 10.1. The average Bonchev–Trinajstić information content (AvgIpc) is 3.04. The number of rotatable bonds is 7. The molecule has 5 nitrogen and oxygen atoms in total. The number of ether oxygens (including phenoxy) is 2. The molecule has 0 saturated heterocycles. The topological polar surface area (TPSA) is 64.6 Å². The Hall–Kier alpha value is -2.04. The number of Topliss-reactive ketones (excluding diaryl/α,β-unsaturated/α-hetero) is 1. The maximum Gasteiger partial charge on any atom is 0.220 e. The molecule has 1 saturated carbocycles. The van der Waals surface area contributed by atoms with Gasteiger partial charge in [0.05, 0.1) is 14.2 Å². The Morgan fingerprint density at radius 1 is 1.09 bits per heavy atom. The van der Waals surface area contributed by atoms with E-state index in [4.69, 9.17) is 9.47 Å². The minimum Gasteiger partial charge on any atom is -0.493 e. The zero-order chi connectivity index (χ0) is 15.9. The SMILES string of the molecule is COc1ccc(C(=O)CCC(=O)NC2CCCC2)cc1OC. The van der Waals surface area contributed by atoms with E-state index in [2.05, 4.69) is 5.32 Å². The molecular formula is C17H23NO4. The smallest absolute Gasteiger partial charge is 0.220 e. The van der Waals surface area contributed by atoms with Crippen LogP contribution >= 0.6 is 0 Å². The first-order valence-corrected chi connectivity index (χ1v) is 7.68. The summed E-state index contributed by atoms with van der Waals surface area (Å²) in [7, 11) is 3.08. The van der Waals surface area contributed by atoms with Crippen LogP contribution in [0.5, 0.6) is 11.5 Å². The highest BCUT2D eigenvalue weighted by Gasteiger charge is 2.18.